The number of hydrogen-bond donors (Lipinski definition) is 2. The molecule has 0 saturated carbocycles. The molecule has 0 heterocycles. The third-order valence-electron chi connectivity index (χ3n) is 4.31. The molecule has 0 radical (unpaired) electrons. The van der Waals surface area contributed by atoms with Gasteiger partial charge in [0.2, 0.25) is 11.8 Å². The van der Waals surface area contributed by atoms with Crippen molar-refractivity contribution >= 4 is 23.7 Å². The standard InChI is InChI=1S/C21H24N4O7/c1-30-17-6-5-15(10-16(17)25(28)29)13-23-24-21(27)12-20(26)22-9-8-14-4-7-18(31-2)19(11-14)32-3/h4-7,10-11,13H,8-9,12H2,1-3H3,(H,22,26)(H,24,27)/b23-13-. The molecule has 0 bridgehead atoms. The molecule has 0 atom stereocenters. The lowest BCUT2D eigenvalue weighted by molar-refractivity contribution is -0.385. The lowest BCUT2D eigenvalue weighted by Crippen LogP contribution is -2.31. The average Bonchev–Trinajstić information content (AvgIpc) is 2.78. The van der Waals surface area contributed by atoms with Crippen molar-refractivity contribution in [3.8, 4) is 17.2 Å². The minimum Gasteiger partial charge on any atom is -0.493 e. The van der Waals surface area contributed by atoms with Crippen LogP contribution in [0.2, 0.25) is 0 Å². The van der Waals surface area contributed by atoms with Crippen LogP contribution in [0.15, 0.2) is 41.5 Å². The lowest BCUT2D eigenvalue weighted by atomic mass is 10.1. The topological polar surface area (TPSA) is 141 Å². The van der Waals surface area contributed by atoms with Crippen LogP contribution in [0.5, 0.6) is 17.2 Å². The molecule has 0 saturated heterocycles. The number of nitro groups is 1. The van der Waals surface area contributed by atoms with Crippen molar-refractivity contribution in [3.63, 3.8) is 0 Å². The van der Waals surface area contributed by atoms with Gasteiger partial charge in [0.1, 0.15) is 6.42 Å². The van der Waals surface area contributed by atoms with Gasteiger partial charge < -0.3 is 19.5 Å². The maximum absolute atomic E-state index is 11.9. The van der Waals surface area contributed by atoms with Gasteiger partial charge in [0.05, 0.1) is 32.5 Å². The molecule has 2 rings (SSSR count). The Labute approximate surface area is 184 Å². The van der Waals surface area contributed by atoms with Crippen molar-refractivity contribution in [1.82, 2.24) is 10.7 Å². The van der Waals surface area contributed by atoms with Crippen LogP contribution in [0.1, 0.15) is 17.5 Å². The van der Waals surface area contributed by atoms with Gasteiger partial charge in [-0.05, 0) is 36.2 Å². The van der Waals surface area contributed by atoms with E-state index in [1.165, 1.54) is 25.5 Å². The van der Waals surface area contributed by atoms with Crippen molar-refractivity contribution in [2.45, 2.75) is 12.8 Å². The van der Waals surface area contributed by atoms with Gasteiger partial charge in [0, 0.05) is 18.2 Å². The fraction of sp³-hybridized carbons (Fsp3) is 0.286. The summed E-state index contributed by atoms with van der Waals surface area (Å²) in [6, 6.07) is 9.68. The second kappa shape index (κ2) is 11.9. The predicted molar refractivity (Wildman–Crippen MR) is 116 cm³/mol. The van der Waals surface area contributed by atoms with Crippen LogP contribution in [0, 0.1) is 10.1 Å². The third kappa shape index (κ3) is 6.97. The van der Waals surface area contributed by atoms with E-state index in [-0.39, 0.29) is 11.4 Å². The van der Waals surface area contributed by atoms with Crippen molar-refractivity contribution in [2.75, 3.05) is 27.9 Å². The van der Waals surface area contributed by atoms with Crippen molar-refractivity contribution in [1.29, 1.82) is 0 Å². The number of rotatable bonds is 11. The highest BCUT2D eigenvalue weighted by Gasteiger charge is 2.14. The van der Waals surface area contributed by atoms with Gasteiger partial charge in [-0.2, -0.15) is 5.10 Å². The monoisotopic (exact) mass is 444 g/mol. The molecule has 170 valence electrons. The fourth-order valence-corrected chi connectivity index (χ4v) is 2.74. The first-order valence-electron chi connectivity index (χ1n) is 9.49. The quantitative estimate of drug-likeness (QED) is 0.233. The number of hydrogen-bond acceptors (Lipinski definition) is 8. The van der Waals surface area contributed by atoms with E-state index in [0.717, 1.165) is 5.56 Å². The Morgan fingerprint density at radius 2 is 1.69 bits per heavy atom. The van der Waals surface area contributed by atoms with E-state index < -0.39 is 23.2 Å². The number of nitrogens with zero attached hydrogens (tertiary/aromatic N) is 2. The molecule has 0 fully saturated rings. The summed E-state index contributed by atoms with van der Waals surface area (Å²) in [6.07, 6.45) is 1.37. The van der Waals surface area contributed by atoms with Crippen molar-refractivity contribution < 1.29 is 28.7 Å². The number of benzene rings is 2. The molecule has 11 heteroatoms. The highest BCUT2D eigenvalue weighted by atomic mass is 16.6. The average molecular weight is 444 g/mol. The van der Waals surface area contributed by atoms with Gasteiger partial charge in [-0.15, -0.1) is 0 Å². The summed E-state index contributed by atoms with van der Waals surface area (Å²) >= 11 is 0. The van der Waals surface area contributed by atoms with E-state index in [4.69, 9.17) is 14.2 Å². The molecule has 0 unspecified atom stereocenters. The number of nitro benzene ring substituents is 1. The van der Waals surface area contributed by atoms with Gasteiger partial charge in [0.15, 0.2) is 17.2 Å². The highest BCUT2D eigenvalue weighted by Crippen LogP contribution is 2.28. The Balaban J connectivity index is 1.79. The highest BCUT2D eigenvalue weighted by molar-refractivity contribution is 5.97. The van der Waals surface area contributed by atoms with Crippen LogP contribution in [0.4, 0.5) is 5.69 Å². The number of amides is 2. The molecule has 2 amide bonds. The van der Waals surface area contributed by atoms with Crippen molar-refractivity contribution in [2.24, 2.45) is 5.10 Å². The Bertz CT molecular complexity index is 1010. The normalized spacial score (nSPS) is 10.5. The Hall–Kier alpha value is -4.15. The summed E-state index contributed by atoms with van der Waals surface area (Å²) in [5, 5.41) is 17.4. The van der Waals surface area contributed by atoms with Gasteiger partial charge >= 0.3 is 5.69 Å². The number of carbonyl (C=O) groups excluding carboxylic acids is 2. The summed E-state index contributed by atoms with van der Waals surface area (Å²) in [5.74, 6) is 0.240. The molecule has 2 aromatic carbocycles. The molecular formula is C21H24N4O7. The zero-order valence-electron chi connectivity index (χ0n) is 17.9. The van der Waals surface area contributed by atoms with E-state index >= 15 is 0 Å². The van der Waals surface area contributed by atoms with Crippen LogP contribution in [0.25, 0.3) is 0 Å². The first kappa shape index (κ1) is 24.1. The largest absolute Gasteiger partial charge is 0.493 e. The van der Waals surface area contributed by atoms with Crippen LogP contribution < -0.4 is 25.0 Å². The zero-order chi connectivity index (χ0) is 23.5. The Morgan fingerprint density at radius 1 is 1.00 bits per heavy atom. The number of hydrazone groups is 1. The fourth-order valence-electron chi connectivity index (χ4n) is 2.74. The molecule has 0 spiro atoms. The van der Waals surface area contributed by atoms with E-state index in [0.29, 0.717) is 30.0 Å². The molecule has 0 aromatic heterocycles. The summed E-state index contributed by atoms with van der Waals surface area (Å²) < 4.78 is 15.3. The van der Waals surface area contributed by atoms with E-state index in [1.54, 1.807) is 26.4 Å². The molecule has 2 aromatic rings. The predicted octanol–water partition coefficient (Wildman–Crippen LogP) is 1.82. The molecule has 32 heavy (non-hydrogen) atoms. The van der Waals surface area contributed by atoms with Crippen LogP contribution in [0.3, 0.4) is 0 Å². The summed E-state index contributed by atoms with van der Waals surface area (Å²) in [7, 11) is 4.42. The Kier molecular flexibility index (Phi) is 8.96. The number of carbonyl (C=O) groups is 2. The van der Waals surface area contributed by atoms with E-state index in [2.05, 4.69) is 15.8 Å². The van der Waals surface area contributed by atoms with Crippen LogP contribution >= 0.6 is 0 Å². The minimum atomic E-state index is -0.618. The lowest BCUT2D eigenvalue weighted by Gasteiger charge is -2.10. The molecule has 2 N–H and O–H groups in total. The van der Waals surface area contributed by atoms with Gasteiger partial charge in [-0.1, -0.05) is 6.07 Å². The number of ether oxygens (including phenoxy) is 3. The van der Waals surface area contributed by atoms with E-state index in [1.807, 2.05) is 12.1 Å². The smallest absolute Gasteiger partial charge is 0.311 e. The van der Waals surface area contributed by atoms with Crippen LogP contribution in [-0.4, -0.2) is 50.8 Å². The third-order valence-corrected chi connectivity index (χ3v) is 4.31. The minimum absolute atomic E-state index is 0.112. The number of nitrogens with one attached hydrogen (secondary N) is 2. The molecule has 11 nitrogen and oxygen atoms in total. The first-order valence-corrected chi connectivity index (χ1v) is 9.49. The van der Waals surface area contributed by atoms with Gasteiger partial charge in [-0.3, -0.25) is 19.7 Å². The first-order chi connectivity index (χ1) is 15.4. The number of methoxy groups -OCH3 is 3. The zero-order valence-corrected chi connectivity index (χ0v) is 17.9. The van der Waals surface area contributed by atoms with Crippen molar-refractivity contribution in [3.05, 3.63) is 57.6 Å². The summed E-state index contributed by atoms with van der Waals surface area (Å²) in [5.41, 5.74) is 3.31. The van der Waals surface area contributed by atoms with E-state index in [9.17, 15) is 19.7 Å². The maximum Gasteiger partial charge on any atom is 0.311 e. The molecule has 0 aliphatic carbocycles. The van der Waals surface area contributed by atoms with Gasteiger partial charge in [-0.25, -0.2) is 5.43 Å². The maximum atomic E-state index is 11.9. The Morgan fingerprint density at radius 3 is 2.34 bits per heavy atom. The summed E-state index contributed by atoms with van der Waals surface area (Å²) in [6.45, 7) is 0.334. The molecule has 0 aliphatic heterocycles. The van der Waals surface area contributed by atoms with Gasteiger partial charge in [0.25, 0.3) is 0 Å². The SMILES string of the molecule is COc1ccc(CCNC(=O)CC(=O)N/N=C\c2ccc(OC)c([N+](=O)[O-])c2)cc1OC. The molecule has 0 aliphatic rings. The summed E-state index contributed by atoms with van der Waals surface area (Å²) in [4.78, 5) is 34.2. The van der Waals surface area contributed by atoms with Crippen LogP contribution in [-0.2, 0) is 16.0 Å². The second-order valence-electron chi connectivity index (χ2n) is 6.45. The molecular weight excluding hydrogens is 420 g/mol. The second-order valence-corrected chi connectivity index (χ2v) is 6.45.